The van der Waals surface area contributed by atoms with E-state index in [2.05, 4.69) is 21.5 Å². The maximum absolute atomic E-state index is 11.9. The van der Waals surface area contributed by atoms with Gasteiger partial charge < -0.3 is 15.7 Å². The Morgan fingerprint density at radius 3 is 2.65 bits per heavy atom. The molecule has 5 amide bonds. The number of fused-ring (bicyclic) bond motifs is 1. The van der Waals surface area contributed by atoms with Crippen LogP contribution < -0.4 is 21.5 Å². The van der Waals surface area contributed by atoms with E-state index in [0.717, 1.165) is 31.4 Å². The number of carbonyl (C=O) groups excluding carboxylic acids is 4. The van der Waals surface area contributed by atoms with Crippen molar-refractivity contribution in [2.24, 2.45) is 0 Å². The highest BCUT2D eigenvalue weighted by atomic mass is 32.2. The van der Waals surface area contributed by atoms with Gasteiger partial charge in [-0.25, -0.2) is 10.2 Å². The quantitative estimate of drug-likeness (QED) is 0.0888. The third-order valence-corrected chi connectivity index (χ3v) is 7.48. The van der Waals surface area contributed by atoms with Crippen LogP contribution in [0.2, 0.25) is 0 Å². The lowest BCUT2D eigenvalue weighted by Crippen LogP contribution is -2.44. The van der Waals surface area contributed by atoms with Gasteiger partial charge in [0.2, 0.25) is 17.7 Å². The summed E-state index contributed by atoms with van der Waals surface area (Å²) in [6.45, 7) is 0.430. The molecule has 3 aliphatic rings. The summed E-state index contributed by atoms with van der Waals surface area (Å²) >= 11 is 1.88. The summed E-state index contributed by atoms with van der Waals surface area (Å²) in [4.78, 5) is 47.6. The fourth-order valence-corrected chi connectivity index (χ4v) is 5.77. The van der Waals surface area contributed by atoms with E-state index < -0.39 is 6.23 Å². The summed E-state index contributed by atoms with van der Waals surface area (Å²) in [7, 11) is 0. The van der Waals surface area contributed by atoms with Gasteiger partial charge in [-0.2, -0.15) is 11.8 Å². The number of thioether (sulfide) groups is 1. The summed E-state index contributed by atoms with van der Waals surface area (Å²) < 4.78 is 0. The van der Waals surface area contributed by atoms with E-state index >= 15 is 0 Å². The third kappa shape index (κ3) is 7.08. The fourth-order valence-electron chi connectivity index (χ4n) is 4.23. The average Bonchev–Trinajstić information content (AvgIpc) is 3.39. The normalized spacial score (nSPS) is 26.0. The second-order valence-corrected chi connectivity index (χ2v) is 9.64. The number of likely N-dealkylation sites (tertiary alicyclic amines) is 1. The van der Waals surface area contributed by atoms with Gasteiger partial charge in [0.25, 0.3) is 0 Å². The van der Waals surface area contributed by atoms with Crippen LogP contribution in [0.1, 0.15) is 64.2 Å². The van der Waals surface area contributed by atoms with E-state index in [1.54, 1.807) is 0 Å². The molecule has 0 aromatic heterocycles. The molecule has 174 valence electrons. The Balaban J connectivity index is 1.16. The molecule has 11 heteroatoms. The van der Waals surface area contributed by atoms with Gasteiger partial charge in [-0.05, 0) is 32.1 Å². The molecule has 3 heterocycles. The van der Waals surface area contributed by atoms with Gasteiger partial charge in [-0.3, -0.25) is 24.7 Å². The molecule has 0 bridgehead atoms. The summed E-state index contributed by atoms with van der Waals surface area (Å²) in [6.07, 6.45) is 5.56. The molecule has 4 unspecified atom stereocenters. The van der Waals surface area contributed by atoms with Gasteiger partial charge in [0.1, 0.15) is 6.23 Å². The van der Waals surface area contributed by atoms with E-state index in [4.69, 9.17) is 0 Å². The highest BCUT2D eigenvalue weighted by molar-refractivity contribution is 8.00. The van der Waals surface area contributed by atoms with E-state index in [0.29, 0.717) is 50.3 Å². The van der Waals surface area contributed by atoms with Crippen LogP contribution in [0, 0.1) is 0 Å². The number of hydrazine groups is 1. The van der Waals surface area contributed by atoms with Crippen LogP contribution in [-0.2, 0) is 14.4 Å². The number of aliphatic hydroxyl groups excluding tert-OH is 1. The van der Waals surface area contributed by atoms with Crippen molar-refractivity contribution < 1.29 is 24.3 Å². The minimum Gasteiger partial charge on any atom is -0.377 e. The number of nitrogens with one attached hydrogen (secondary N) is 4. The van der Waals surface area contributed by atoms with Crippen LogP contribution >= 0.6 is 11.8 Å². The number of hydrogen-bond acceptors (Lipinski definition) is 7. The van der Waals surface area contributed by atoms with Gasteiger partial charge in [-0.15, -0.1) is 0 Å². The van der Waals surface area contributed by atoms with Crippen LogP contribution in [0.15, 0.2) is 0 Å². The van der Waals surface area contributed by atoms with Crippen molar-refractivity contribution in [3.63, 3.8) is 0 Å². The Kier molecular flexibility index (Phi) is 8.97. The van der Waals surface area contributed by atoms with Crippen molar-refractivity contribution in [3.05, 3.63) is 0 Å². The first kappa shape index (κ1) is 23.8. The molecule has 3 rings (SSSR count). The van der Waals surface area contributed by atoms with Crippen molar-refractivity contribution in [2.45, 2.75) is 87.8 Å². The minimum atomic E-state index is -0.798. The van der Waals surface area contributed by atoms with Crippen LogP contribution in [0.25, 0.3) is 0 Å². The predicted molar refractivity (Wildman–Crippen MR) is 116 cm³/mol. The number of amides is 5. The number of aliphatic hydroxyl groups is 1. The Bertz CT molecular complexity index is 662. The summed E-state index contributed by atoms with van der Waals surface area (Å²) in [5.41, 5.74) is 5.17. The molecule has 0 radical (unpaired) electrons. The topological polar surface area (TPSA) is 140 Å². The number of unbranched alkanes of at least 4 members (excludes halogenated alkanes) is 3. The van der Waals surface area contributed by atoms with Crippen LogP contribution in [-0.4, -0.2) is 69.6 Å². The maximum atomic E-state index is 11.9. The van der Waals surface area contributed by atoms with E-state index in [9.17, 15) is 24.3 Å². The zero-order valence-corrected chi connectivity index (χ0v) is 18.5. The van der Waals surface area contributed by atoms with Crippen molar-refractivity contribution >= 4 is 35.5 Å². The van der Waals surface area contributed by atoms with Crippen molar-refractivity contribution in [3.8, 4) is 0 Å². The number of urea groups is 1. The molecular weight excluding hydrogens is 422 g/mol. The van der Waals surface area contributed by atoms with Crippen LogP contribution in [0.3, 0.4) is 0 Å². The van der Waals surface area contributed by atoms with Gasteiger partial charge in [0.15, 0.2) is 0 Å². The SMILES string of the molecule is O=C(CCCCCN1C(=O)CCC1=O)NNC(O)CCCCC1SCC2NC(=O)NC21. The average molecular weight is 456 g/mol. The molecular formula is C20H33N5O5S. The Hall–Kier alpha value is -1.85. The molecule has 4 atom stereocenters. The summed E-state index contributed by atoms with van der Waals surface area (Å²) in [6, 6.07) is 0.360. The number of imide groups is 1. The standard InChI is InChI=1S/C20H33N5O5S/c26-15(7-2-1-5-11-25-17(28)9-10-18(25)29)23-24-16(27)8-4-3-6-14-19-13(12-31-14)21-20(30)22-19/h13-14,16,19,24,27H,1-12H2,(H,23,26)(H2,21,22,30). The van der Waals surface area contributed by atoms with E-state index in [1.807, 2.05) is 11.8 Å². The van der Waals surface area contributed by atoms with E-state index in [1.165, 1.54) is 4.90 Å². The van der Waals surface area contributed by atoms with Crippen molar-refractivity contribution in [2.75, 3.05) is 12.3 Å². The second kappa shape index (κ2) is 11.7. The molecule has 0 saturated carbocycles. The number of rotatable bonds is 13. The molecule has 0 aromatic rings. The van der Waals surface area contributed by atoms with Gasteiger partial charge >= 0.3 is 6.03 Å². The highest BCUT2D eigenvalue weighted by Gasteiger charge is 2.42. The Morgan fingerprint density at radius 1 is 1.10 bits per heavy atom. The predicted octanol–water partition coefficient (Wildman–Crippen LogP) is 0.361. The van der Waals surface area contributed by atoms with Gasteiger partial charge in [-0.1, -0.05) is 12.8 Å². The Labute approximate surface area is 186 Å². The molecule has 10 nitrogen and oxygen atoms in total. The molecule has 0 aromatic carbocycles. The minimum absolute atomic E-state index is 0.0764. The van der Waals surface area contributed by atoms with Crippen LogP contribution in [0.4, 0.5) is 4.79 Å². The molecule has 0 aliphatic carbocycles. The highest BCUT2D eigenvalue weighted by Crippen LogP contribution is 2.33. The lowest BCUT2D eigenvalue weighted by molar-refractivity contribution is -0.138. The molecule has 3 aliphatic heterocycles. The molecule has 5 N–H and O–H groups in total. The zero-order chi connectivity index (χ0) is 22.2. The van der Waals surface area contributed by atoms with Gasteiger partial charge in [0, 0.05) is 36.8 Å². The molecule has 3 saturated heterocycles. The first-order valence-corrected chi connectivity index (χ1v) is 12.2. The van der Waals surface area contributed by atoms with Gasteiger partial charge in [0.05, 0.1) is 12.1 Å². The number of carbonyl (C=O) groups is 4. The first-order chi connectivity index (χ1) is 14.9. The third-order valence-electron chi connectivity index (χ3n) is 5.97. The molecule has 0 spiro atoms. The lowest BCUT2D eigenvalue weighted by Gasteiger charge is -2.17. The largest absolute Gasteiger partial charge is 0.377 e. The van der Waals surface area contributed by atoms with Crippen LogP contribution in [0.5, 0.6) is 0 Å². The zero-order valence-electron chi connectivity index (χ0n) is 17.7. The summed E-state index contributed by atoms with van der Waals surface area (Å²) in [5, 5.41) is 16.3. The second-order valence-electron chi connectivity index (χ2n) is 8.36. The number of nitrogens with zero attached hydrogens (tertiary/aromatic N) is 1. The number of hydrogen-bond donors (Lipinski definition) is 5. The van der Waals surface area contributed by atoms with Crippen molar-refractivity contribution in [1.82, 2.24) is 26.4 Å². The Morgan fingerprint density at radius 2 is 1.87 bits per heavy atom. The first-order valence-electron chi connectivity index (χ1n) is 11.2. The summed E-state index contributed by atoms with van der Waals surface area (Å²) in [5.74, 6) is 0.549. The maximum Gasteiger partial charge on any atom is 0.315 e. The van der Waals surface area contributed by atoms with Crippen molar-refractivity contribution in [1.29, 1.82) is 0 Å². The lowest BCUT2D eigenvalue weighted by atomic mass is 10.0. The molecule has 3 fully saturated rings. The fraction of sp³-hybridized carbons (Fsp3) is 0.800. The smallest absolute Gasteiger partial charge is 0.315 e. The monoisotopic (exact) mass is 455 g/mol. The van der Waals surface area contributed by atoms with E-state index in [-0.39, 0.29) is 35.8 Å². The molecule has 31 heavy (non-hydrogen) atoms.